The van der Waals surface area contributed by atoms with Gasteiger partial charge in [0.2, 0.25) is 0 Å². The average molecular weight is 324 g/mol. The van der Waals surface area contributed by atoms with E-state index in [1.165, 1.54) is 0 Å². The SMILES string of the molecule is CC(C)(C)OCC(COC(C)(C)C)OCOCc1ccccc1. The normalized spacial score (nSPS) is 12.8. The zero-order valence-corrected chi connectivity index (χ0v) is 15.4. The first-order chi connectivity index (χ1) is 10.7. The third-order valence-corrected chi connectivity index (χ3v) is 2.90. The molecule has 0 heterocycles. The molecule has 0 amide bonds. The summed E-state index contributed by atoms with van der Waals surface area (Å²) in [4.78, 5) is 0. The lowest BCUT2D eigenvalue weighted by atomic mass is 10.2. The molecular formula is C19H32O4. The summed E-state index contributed by atoms with van der Waals surface area (Å²) in [5, 5.41) is 0. The van der Waals surface area contributed by atoms with Crippen molar-refractivity contribution in [3.05, 3.63) is 35.9 Å². The van der Waals surface area contributed by atoms with Crippen LogP contribution in [-0.2, 0) is 25.6 Å². The van der Waals surface area contributed by atoms with Gasteiger partial charge < -0.3 is 18.9 Å². The molecule has 1 aromatic rings. The zero-order valence-electron chi connectivity index (χ0n) is 15.4. The topological polar surface area (TPSA) is 36.9 Å². The second-order valence-corrected chi connectivity index (χ2v) is 7.59. The number of ether oxygens (including phenoxy) is 4. The first-order valence-electron chi connectivity index (χ1n) is 8.17. The van der Waals surface area contributed by atoms with E-state index in [0.29, 0.717) is 19.8 Å². The highest BCUT2D eigenvalue weighted by Crippen LogP contribution is 2.12. The summed E-state index contributed by atoms with van der Waals surface area (Å²) < 4.78 is 23.0. The molecule has 0 saturated heterocycles. The first-order valence-corrected chi connectivity index (χ1v) is 8.17. The van der Waals surface area contributed by atoms with Crippen LogP contribution in [0, 0.1) is 0 Å². The van der Waals surface area contributed by atoms with Crippen molar-refractivity contribution < 1.29 is 18.9 Å². The Bertz CT molecular complexity index is 399. The van der Waals surface area contributed by atoms with Gasteiger partial charge in [0.1, 0.15) is 12.9 Å². The van der Waals surface area contributed by atoms with E-state index >= 15 is 0 Å². The molecule has 1 rings (SSSR count). The summed E-state index contributed by atoms with van der Waals surface area (Å²) in [6, 6.07) is 10.0. The van der Waals surface area contributed by atoms with E-state index in [0.717, 1.165) is 5.56 Å². The van der Waals surface area contributed by atoms with Gasteiger partial charge in [0.25, 0.3) is 0 Å². The Morgan fingerprint density at radius 3 is 1.83 bits per heavy atom. The number of hydrogen-bond donors (Lipinski definition) is 0. The molecule has 0 radical (unpaired) electrons. The highest BCUT2D eigenvalue weighted by Gasteiger charge is 2.19. The van der Waals surface area contributed by atoms with Crippen LogP contribution in [0.3, 0.4) is 0 Å². The Hall–Kier alpha value is -0.940. The highest BCUT2D eigenvalue weighted by atomic mass is 16.7. The molecular weight excluding hydrogens is 292 g/mol. The predicted octanol–water partition coefficient (Wildman–Crippen LogP) is 4.18. The Labute approximate surface area is 141 Å². The summed E-state index contributed by atoms with van der Waals surface area (Å²) in [7, 11) is 0. The van der Waals surface area contributed by atoms with Gasteiger partial charge in [-0.25, -0.2) is 0 Å². The minimum atomic E-state index is -0.200. The van der Waals surface area contributed by atoms with Gasteiger partial charge in [-0.2, -0.15) is 0 Å². The van der Waals surface area contributed by atoms with Gasteiger partial charge in [-0.3, -0.25) is 0 Å². The Kier molecular flexibility index (Phi) is 8.20. The molecule has 0 fully saturated rings. The highest BCUT2D eigenvalue weighted by molar-refractivity contribution is 5.13. The van der Waals surface area contributed by atoms with Crippen molar-refractivity contribution in [2.45, 2.75) is 65.5 Å². The van der Waals surface area contributed by atoms with Gasteiger partial charge in [-0.1, -0.05) is 30.3 Å². The largest absolute Gasteiger partial charge is 0.373 e. The van der Waals surface area contributed by atoms with Crippen LogP contribution in [-0.4, -0.2) is 37.3 Å². The predicted molar refractivity (Wildman–Crippen MR) is 92.4 cm³/mol. The van der Waals surface area contributed by atoms with Crippen molar-refractivity contribution in [1.82, 2.24) is 0 Å². The Balaban J connectivity index is 2.35. The molecule has 0 aliphatic heterocycles. The quantitative estimate of drug-likeness (QED) is 0.504. The summed E-state index contributed by atoms with van der Waals surface area (Å²) in [6.07, 6.45) is -0.149. The summed E-state index contributed by atoms with van der Waals surface area (Å²) >= 11 is 0. The lowest BCUT2D eigenvalue weighted by Crippen LogP contribution is -2.34. The smallest absolute Gasteiger partial charge is 0.147 e. The molecule has 4 heteroatoms. The van der Waals surface area contributed by atoms with Crippen molar-refractivity contribution >= 4 is 0 Å². The van der Waals surface area contributed by atoms with Crippen LogP contribution in [0.2, 0.25) is 0 Å². The van der Waals surface area contributed by atoms with Crippen LogP contribution >= 0.6 is 0 Å². The van der Waals surface area contributed by atoms with Crippen LogP contribution in [0.15, 0.2) is 30.3 Å². The number of rotatable bonds is 9. The van der Waals surface area contributed by atoms with Crippen molar-refractivity contribution in [3.63, 3.8) is 0 Å². The zero-order chi connectivity index (χ0) is 17.3. The van der Waals surface area contributed by atoms with Crippen LogP contribution in [0.1, 0.15) is 47.1 Å². The minimum Gasteiger partial charge on any atom is -0.373 e. The molecule has 0 atom stereocenters. The van der Waals surface area contributed by atoms with E-state index in [9.17, 15) is 0 Å². The molecule has 0 saturated carbocycles. The van der Waals surface area contributed by atoms with Crippen molar-refractivity contribution in [1.29, 1.82) is 0 Å². The van der Waals surface area contributed by atoms with Gasteiger partial charge in [0.15, 0.2) is 0 Å². The van der Waals surface area contributed by atoms with Gasteiger partial charge in [0, 0.05) is 0 Å². The monoisotopic (exact) mass is 324 g/mol. The van der Waals surface area contributed by atoms with E-state index < -0.39 is 0 Å². The molecule has 0 N–H and O–H groups in total. The van der Waals surface area contributed by atoms with Gasteiger partial charge >= 0.3 is 0 Å². The summed E-state index contributed by atoms with van der Waals surface area (Å²) in [5.74, 6) is 0. The van der Waals surface area contributed by atoms with Crippen LogP contribution in [0.25, 0.3) is 0 Å². The fraction of sp³-hybridized carbons (Fsp3) is 0.684. The van der Waals surface area contributed by atoms with Crippen molar-refractivity contribution in [3.8, 4) is 0 Å². The van der Waals surface area contributed by atoms with E-state index in [1.54, 1.807) is 0 Å². The standard InChI is InChI=1S/C19H32O4/c1-18(2,3)22-13-17(14-23-19(4,5)6)21-15-20-12-16-10-8-7-9-11-16/h7-11,17H,12-15H2,1-6H3. The van der Waals surface area contributed by atoms with E-state index in [4.69, 9.17) is 18.9 Å². The fourth-order valence-corrected chi connectivity index (χ4v) is 1.71. The second-order valence-electron chi connectivity index (χ2n) is 7.59. The van der Waals surface area contributed by atoms with Crippen LogP contribution in [0.5, 0.6) is 0 Å². The van der Waals surface area contributed by atoms with E-state index in [-0.39, 0.29) is 24.1 Å². The lowest BCUT2D eigenvalue weighted by Gasteiger charge is -2.27. The Morgan fingerprint density at radius 1 is 0.826 bits per heavy atom. The maximum absolute atomic E-state index is 5.81. The summed E-state index contributed by atoms with van der Waals surface area (Å²) in [5.41, 5.74) is 0.729. The molecule has 23 heavy (non-hydrogen) atoms. The van der Waals surface area contributed by atoms with Crippen LogP contribution in [0.4, 0.5) is 0 Å². The molecule has 0 unspecified atom stereocenters. The van der Waals surface area contributed by atoms with Gasteiger partial charge in [-0.05, 0) is 47.1 Å². The molecule has 4 nitrogen and oxygen atoms in total. The van der Waals surface area contributed by atoms with Crippen molar-refractivity contribution in [2.24, 2.45) is 0 Å². The summed E-state index contributed by atoms with van der Waals surface area (Å²) in [6.45, 7) is 13.9. The van der Waals surface area contributed by atoms with Gasteiger partial charge in [-0.15, -0.1) is 0 Å². The molecule has 1 aromatic carbocycles. The molecule has 0 spiro atoms. The second kappa shape index (κ2) is 9.38. The third kappa shape index (κ3) is 11.3. The first kappa shape index (κ1) is 20.1. The lowest BCUT2D eigenvalue weighted by molar-refractivity contribution is -0.162. The van der Waals surface area contributed by atoms with Crippen LogP contribution < -0.4 is 0 Å². The van der Waals surface area contributed by atoms with Crippen molar-refractivity contribution in [2.75, 3.05) is 20.0 Å². The molecule has 0 aliphatic rings. The Morgan fingerprint density at radius 2 is 1.35 bits per heavy atom. The molecule has 132 valence electrons. The van der Waals surface area contributed by atoms with Gasteiger partial charge in [0.05, 0.1) is 31.0 Å². The number of hydrogen-bond acceptors (Lipinski definition) is 4. The minimum absolute atomic E-state index is 0.149. The fourth-order valence-electron chi connectivity index (χ4n) is 1.71. The molecule has 0 aliphatic carbocycles. The molecule has 0 bridgehead atoms. The maximum atomic E-state index is 5.81. The molecule has 0 aromatic heterocycles. The third-order valence-electron chi connectivity index (χ3n) is 2.90. The maximum Gasteiger partial charge on any atom is 0.147 e. The number of benzene rings is 1. The average Bonchev–Trinajstić information content (AvgIpc) is 2.44. The van der Waals surface area contributed by atoms with E-state index in [2.05, 4.69) is 0 Å². The van der Waals surface area contributed by atoms with E-state index in [1.807, 2.05) is 71.9 Å².